The number of hydrogen-bond donors (Lipinski definition) is 1. The van der Waals surface area contributed by atoms with Crippen molar-refractivity contribution in [1.29, 1.82) is 0 Å². The third-order valence-electron chi connectivity index (χ3n) is 3.19. The zero-order valence-corrected chi connectivity index (χ0v) is 10.4. The van der Waals surface area contributed by atoms with E-state index in [1.54, 1.807) is 18.6 Å². The fourth-order valence-electron chi connectivity index (χ4n) is 2.08. The van der Waals surface area contributed by atoms with Crippen LogP contribution >= 0.6 is 0 Å². The maximum atomic E-state index is 13.3. The van der Waals surface area contributed by atoms with E-state index in [1.807, 2.05) is 0 Å². The van der Waals surface area contributed by atoms with Crippen molar-refractivity contribution in [2.45, 2.75) is 32.1 Å². The largest absolute Gasteiger partial charge is 0.487 e. The van der Waals surface area contributed by atoms with Gasteiger partial charge in [0.15, 0.2) is 0 Å². The average Bonchev–Trinajstić information content (AvgIpc) is 3.14. The molecule has 1 aromatic heterocycles. The van der Waals surface area contributed by atoms with Crippen LogP contribution in [0.3, 0.4) is 0 Å². The van der Waals surface area contributed by atoms with E-state index in [0.29, 0.717) is 24.0 Å². The highest BCUT2D eigenvalue weighted by atomic mass is 19.1. The maximum Gasteiger partial charge on any atom is 0.130 e. The monoisotopic (exact) mass is 262 g/mol. The number of rotatable bonds is 5. The Bertz CT molecular complexity index is 579. The highest BCUT2D eigenvalue weighted by molar-refractivity contribution is 5.29. The van der Waals surface area contributed by atoms with Gasteiger partial charge in [-0.2, -0.15) is 0 Å². The smallest absolute Gasteiger partial charge is 0.130 e. The first-order valence-electron chi connectivity index (χ1n) is 6.30. The first-order chi connectivity index (χ1) is 9.26. The minimum atomic E-state index is -0.405. The molecule has 2 aromatic rings. The molecule has 0 radical (unpaired) electrons. The number of benzene rings is 1. The molecule has 1 fully saturated rings. The lowest BCUT2D eigenvalue weighted by molar-refractivity contribution is 0.274. The van der Waals surface area contributed by atoms with Crippen LogP contribution in [0.2, 0.25) is 0 Å². The van der Waals surface area contributed by atoms with Gasteiger partial charge in [0.25, 0.3) is 0 Å². The van der Waals surface area contributed by atoms with Gasteiger partial charge in [-0.25, -0.2) is 9.37 Å². The van der Waals surface area contributed by atoms with Gasteiger partial charge in [0.05, 0.1) is 24.8 Å². The highest BCUT2D eigenvalue weighted by Gasteiger charge is 2.25. The molecule has 100 valence electrons. The van der Waals surface area contributed by atoms with Crippen molar-refractivity contribution < 1.29 is 14.2 Å². The van der Waals surface area contributed by atoms with Gasteiger partial charge in [0, 0.05) is 12.1 Å². The van der Waals surface area contributed by atoms with Crippen LogP contribution in [-0.4, -0.2) is 14.7 Å². The predicted octanol–water partition coefficient (Wildman–Crippen LogP) is 2.43. The van der Waals surface area contributed by atoms with E-state index < -0.39 is 5.82 Å². The predicted molar refractivity (Wildman–Crippen MR) is 67.2 cm³/mol. The number of aliphatic hydroxyl groups is 1. The summed E-state index contributed by atoms with van der Waals surface area (Å²) in [6.07, 6.45) is 5.93. The minimum absolute atomic E-state index is 0.200. The quantitative estimate of drug-likeness (QED) is 0.900. The van der Waals surface area contributed by atoms with E-state index in [0.717, 1.165) is 5.69 Å². The zero-order chi connectivity index (χ0) is 13.2. The summed E-state index contributed by atoms with van der Waals surface area (Å²) in [5.74, 6) is 0.0184. The highest BCUT2D eigenvalue weighted by Crippen LogP contribution is 2.35. The number of nitrogens with zero attached hydrogens (tertiary/aromatic N) is 2. The number of aliphatic hydroxyl groups excluding tert-OH is 1. The molecule has 5 heteroatoms. The molecule has 1 aromatic carbocycles. The van der Waals surface area contributed by atoms with E-state index in [9.17, 15) is 4.39 Å². The Kier molecular flexibility index (Phi) is 3.21. The van der Waals surface area contributed by atoms with Crippen LogP contribution in [0.4, 0.5) is 4.39 Å². The molecule has 0 saturated heterocycles. The van der Waals surface area contributed by atoms with Crippen molar-refractivity contribution in [2.24, 2.45) is 0 Å². The number of ether oxygens (including phenoxy) is 1. The molecule has 1 heterocycles. The summed E-state index contributed by atoms with van der Waals surface area (Å²) in [5.41, 5.74) is 1.49. The van der Waals surface area contributed by atoms with Gasteiger partial charge < -0.3 is 14.4 Å². The lowest BCUT2D eigenvalue weighted by Gasteiger charge is -2.10. The van der Waals surface area contributed by atoms with E-state index in [-0.39, 0.29) is 6.61 Å². The van der Waals surface area contributed by atoms with E-state index in [4.69, 9.17) is 9.84 Å². The second-order valence-electron chi connectivity index (χ2n) is 4.77. The summed E-state index contributed by atoms with van der Waals surface area (Å²) in [7, 11) is 0. The average molecular weight is 262 g/mol. The van der Waals surface area contributed by atoms with Crippen molar-refractivity contribution in [3.8, 4) is 5.75 Å². The molecule has 1 aliphatic carbocycles. The Balaban J connectivity index is 1.71. The zero-order valence-electron chi connectivity index (χ0n) is 10.4. The molecule has 4 nitrogen and oxygen atoms in total. The standard InChI is InChI=1S/C14H15FN2O2/c15-11-3-10(7-18)4-14(5-11)19-8-13-6-16-9-17(13)12-1-2-12/h3-6,9,12,18H,1-2,7-8H2. The molecule has 0 spiro atoms. The van der Waals surface area contributed by atoms with Gasteiger partial charge in [-0.15, -0.1) is 0 Å². The van der Waals surface area contributed by atoms with Crippen molar-refractivity contribution >= 4 is 0 Å². The van der Waals surface area contributed by atoms with Gasteiger partial charge in [-0.3, -0.25) is 0 Å². The Morgan fingerprint density at radius 1 is 1.37 bits per heavy atom. The third-order valence-corrected chi connectivity index (χ3v) is 3.19. The molecule has 0 unspecified atom stereocenters. The van der Waals surface area contributed by atoms with Gasteiger partial charge in [0.2, 0.25) is 0 Å². The molecular weight excluding hydrogens is 247 g/mol. The lowest BCUT2D eigenvalue weighted by atomic mass is 10.2. The van der Waals surface area contributed by atoms with E-state index in [1.165, 1.54) is 25.0 Å². The number of imidazole rings is 1. The topological polar surface area (TPSA) is 47.3 Å². The second kappa shape index (κ2) is 5.01. The van der Waals surface area contributed by atoms with Gasteiger partial charge in [-0.1, -0.05) is 0 Å². The molecule has 1 saturated carbocycles. The van der Waals surface area contributed by atoms with Crippen LogP contribution in [0.25, 0.3) is 0 Å². The molecule has 0 aliphatic heterocycles. The van der Waals surface area contributed by atoms with Crippen LogP contribution < -0.4 is 4.74 Å². The maximum absolute atomic E-state index is 13.3. The minimum Gasteiger partial charge on any atom is -0.487 e. The summed E-state index contributed by atoms with van der Waals surface area (Å²) in [5, 5.41) is 9.03. The Hall–Kier alpha value is -1.88. The van der Waals surface area contributed by atoms with Crippen LogP contribution in [-0.2, 0) is 13.2 Å². The summed E-state index contributed by atoms with van der Waals surface area (Å²) in [6.45, 7) is 0.152. The second-order valence-corrected chi connectivity index (χ2v) is 4.77. The molecule has 0 bridgehead atoms. The van der Waals surface area contributed by atoms with Gasteiger partial charge >= 0.3 is 0 Å². The number of aromatic nitrogens is 2. The lowest BCUT2D eigenvalue weighted by Crippen LogP contribution is -2.04. The first-order valence-corrected chi connectivity index (χ1v) is 6.30. The molecular formula is C14H15FN2O2. The normalized spacial score (nSPS) is 14.6. The Labute approximate surface area is 110 Å². The van der Waals surface area contributed by atoms with Crippen LogP contribution in [0.1, 0.15) is 30.1 Å². The molecule has 3 rings (SSSR count). The Morgan fingerprint density at radius 2 is 2.21 bits per heavy atom. The van der Waals surface area contributed by atoms with Crippen molar-refractivity contribution in [2.75, 3.05) is 0 Å². The molecule has 0 atom stereocenters. The Morgan fingerprint density at radius 3 is 2.95 bits per heavy atom. The molecule has 19 heavy (non-hydrogen) atoms. The third kappa shape index (κ3) is 2.76. The number of hydrogen-bond acceptors (Lipinski definition) is 3. The van der Waals surface area contributed by atoms with Crippen molar-refractivity contribution in [3.63, 3.8) is 0 Å². The summed E-state index contributed by atoms with van der Waals surface area (Å²) >= 11 is 0. The summed E-state index contributed by atoms with van der Waals surface area (Å²) in [6, 6.07) is 4.79. The molecule has 1 N–H and O–H groups in total. The fourth-order valence-corrected chi connectivity index (χ4v) is 2.08. The fraction of sp³-hybridized carbons (Fsp3) is 0.357. The molecule has 1 aliphatic rings. The SMILES string of the molecule is OCc1cc(F)cc(OCc2cncn2C2CC2)c1. The summed E-state index contributed by atoms with van der Waals surface area (Å²) in [4.78, 5) is 4.12. The van der Waals surface area contributed by atoms with Gasteiger partial charge in [0.1, 0.15) is 18.2 Å². The van der Waals surface area contributed by atoms with E-state index >= 15 is 0 Å². The van der Waals surface area contributed by atoms with Crippen LogP contribution in [0.15, 0.2) is 30.7 Å². The van der Waals surface area contributed by atoms with E-state index in [2.05, 4.69) is 9.55 Å². The van der Waals surface area contributed by atoms with Crippen LogP contribution in [0.5, 0.6) is 5.75 Å². The van der Waals surface area contributed by atoms with Crippen molar-refractivity contribution in [3.05, 3.63) is 47.8 Å². The summed E-state index contributed by atoms with van der Waals surface area (Å²) < 4.78 is 21.0. The first kappa shape index (κ1) is 12.2. The van der Waals surface area contributed by atoms with Gasteiger partial charge in [-0.05, 0) is 30.5 Å². The van der Waals surface area contributed by atoms with Crippen LogP contribution in [0, 0.1) is 5.82 Å². The molecule has 0 amide bonds. The van der Waals surface area contributed by atoms with Crippen molar-refractivity contribution in [1.82, 2.24) is 9.55 Å². The number of halogens is 1.